The quantitative estimate of drug-likeness (QED) is 0.419. The second-order valence-corrected chi connectivity index (χ2v) is 2.29. The Morgan fingerprint density at radius 3 is 1.71 bits per heavy atom. The monoisotopic (exact) mass is 234 g/mol. The van der Waals surface area contributed by atoms with Crippen molar-refractivity contribution in [2.45, 2.75) is 19.8 Å². The van der Waals surface area contributed by atoms with E-state index in [0.717, 1.165) is 0 Å². The summed E-state index contributed by atoms with van der Waals surface area (Å²) in [6, 6.07) is 0. The first-order valence-corrected chi connectivity index (χ1v) is 4.24. The highest BCUT2D eigenvalue weighted by molar-refractivity contribution is 5.87. The third-order valence-corrected chi connectivity index (χ3v) is 0.952. The van der Waals surface area contributed by atoms with Crippen LogP contribution in [0.15, 0.2) is 0 Å². The fourth-order valence-electron chi connectivity index (χ4n) is 0.473. The Kier molecular flexibility index (Phi) is 11.2. The lowest BCUT2D eigenvalue weighted by Crippen LogP contribution is -2.10. The SMILES string of the molecule is C#CCC(=O)OC(=O)CC#C.CC#CC(=O)O. The average Bonchev–Trinajstić information content (AvgIpc) is 2.18. The van der Waals surface area contributed by atoms with E-state index in [1.54, 1.807) is 0 Å². The first kappa shape index (κ1) is 16.7. The molecular weight excluding hydrogens is 224 g/mol. The Balaban J connectivity index is 0. The molecule has 0 aliphatic heterocycles. The Bertz CT molecular complexity index is 397. The number of carboxylic acids is 1. The standard InChI is InChI=1S/C8H6O3.C4H4O2/c1-3-5-7(9)11-8(10)6-4-2;1-2-3-4(5)6/h1-2H,5-6H2;1H3,(H,5,6). The molecule has 0 unspecified atom stereocenters. The van der Waals surface area contributed by atoms with Crippen molar-refractivity contribution in [3.8, 4) is 36.5 Å². The number of aliphatic carboxylic acids is 1. The molecule has 0 radical (unpaired) electrons. The van der Waals surface area contributed by atoms with Crippen LogP contribution in [0, 0.1) is 36.5 Å². The van der Waals surface area contributed by atoms with Crippen molar-refractivity contribution >= 4 is 17.9 Å². The number of hydrogen-bond donors (Lipinski definition) is 1. The summed E-state index contributed by atoms with van der Waals surface area (Å²) < 4.78 is 4.17. The van der Waals surface area contributed by atoms with Crippen molar-refractivity contribution < 1.29 is 24.2 Å². The van der Waals surface area contributed by atoms with Crippen LogP contribution in [-0.2, 0) is 19.1 Å². The summed E-state index contributed by atoms with van der Waals surface area (Å²) in [6.45, 7) is 1.48. The Morgan fingerprint density at radius 1 is 1.12 bits per heavy atom. The number of carbonyl (C=O) groups excluding carboxylic acids is 2. The van der Waals surface area contributed by atoms with E-state index in [4.69, 9.17) is 18.0 Å². The van der Waals surface area contributed by atoms with Gasteiger partial charge in [-0.1, -0.05) is 17.8 Å². The number of carboxylic acid groups (broad SMARTS) is 1. The number of terminal acetylenes is 2. The fraction of sp³-hybridized carbons (Fsp3) is 0.250. The third kappa shape index (κ3) is 16.0. The second kappa shape index (κ2) is 11.4. The molecule has 0 aliphatic rings. The summed E-state index contributed by atoms with van der Waals surface area (Å²) in [7, 11) is 0. The smallest absolute Gasteiger partial charge is 0.381 e. The largest absolute Gasteiger partial charge is 0.472 e. The summed E-state index contributed by atoms with van der Waals surface area (Å²) in [4.78, 5) is 30.4. The third-order valence-electron chi connectivity index (χ3n) is 0.952. The molecule has 0 spiro atoms. The van der Waals surface area contributed by atoms with Crippen molar-refractivity contribution in [1.29, 1.82) is 0 Å². The maximum atomic E-state index is 10.5. The van der Waals surface area contributed by atoms with E-state index in [1.165, 1.54) is 6.92 Å². The Labute approximate surface area is 99.1 Å². The van der Waals surface area contributed by atoms with Crippen LogP contribution in [-0.4, -0.2) is 23.0 Å². The first-order chi connectivity index (χ1) is 7.97. The molecule has 5 nitrogen and oxygen atoms in total. The zero-order valence-corrected chi connectivity index (χ0v) is 9.15. The van der Waals surface area contributed by atoms with E-state index >= 15 is 0 Å². The highest BCUT2D eigenvalue weighted by Crippen LogP contribution is 1.88. The van der Waals surface area contributed by atoms with Crippen LogP contribution in [0.4, 0.5) is 0 Å². The van der Waals surface area contributed by atoms with Gasteiger partial charge >= 0.3 is 17.9 Å². The molecule has 0 saturated heterocycles. The van der Waals surface area contributed by atoms with Gasteiger partial charge in [-0.3, -0.25) is 9.59 Å². The van der Waals surface area contributed by atoms with Crippen LogP contribution in [0.2, 0.25) is 0 Å². The van der Waals surface area contributed by atoms with Crippen molar-refractivity contribution in [3.05, 3.63) is 0 Å². The van der Waals surface area contributed by atoms with E-state index in [1.807, 2.05) is 17.8 Å². The van der Waals surface area contributed by atoms with Crippen molar-refractivity contribution in [3.63, 3.8) is 0 Å². The normalized spacial score (nSPS) is 6.76. The lowest BCUT2D eigenvalue weighted by Gasteiger charge is -1.94. The molecule has 0 atom stereocenters. The zero-order chi connectivity index (χ0) is 13.7. The van der Waals surface area contributed by atoms with Crippen molar-refractivity contribution in [1.82, 2.24) is 0 Å². The van der Waals surface area contributed by atoms with Gasteiger partial charge in [0.1, 0.15) is 12.8 Å². The van der Waals surface area contributed by atoms with Crippen LogP contribution in [0.3, 0.4) is 0 Å². The van der Waals surface area contributed by atoms with Gasteiger partial charge in [-0.05, 0) is 6.92 Å². The molecular formula is C12H10O5. The fourth-order valence-corrected chi connectivity index (χ4v) is 0.473. The Hall–Kier alpha value is -2.71. The zero-order valence-electron chi connectivity index (χ0n) is 9.15. The van der Waals surface area contributed by atoms with E-state index in [-0.39, 0.29) is 12.8 Å². The topological polar surface area (TPSA) is 80.7 Å². The number of rotatable bonds is 2. The van der Waals surface area contributed by atoms with Gasteiger partial charge in [0, 0.05) is 5.92 Å². The number of carbonyl (C=O) groups is 3. The summed E-state index contributed by atoms with van der Waals surface area (Å²) in [5.41, 5.74) is 0. The molecule has 0 aliphatic carbocycles. The summed E-state index contributed by atoms with van der Waals surface area (Å²) in [5.74, 6) is 5.61. The molecule has 0 aromatic heterocycles. The molecule has 5 heteroatoms. The van der Waals surface area contributed by atoms with E-state index in [2.05, 4.69) is 10.7 Å². The number of esters is 2. The summed E-state index contributed by atoms with van der Waals surface area (Å²) in [6.07, 6.45) is 9.13. The lowest BCUT2D eigenvalue weighted by molar-refractivity contribution is -0.158. The minimum absolute atomic E-state index is 0.212. The van der Waals surface area contributed by atoms with Gasteiger partial charge in [0.25, 0.3) is 0 Å². The van der Waals surface area contributed by atoms with Gasteiger partial charge in [-0.15, -0.1) is 12.8 Å². The van der Waals surface area contributed by atoms with Gasteiger partial charge in [0.05, 0.1) is 0 Å². The minimum Gasteiger partial charge on any atom is -0.472 e. The predicted octanol–water partition coefficient (Wildman–Crippen LogP) is 0.197. The van der Waals surface area contributed by atoms with E-state index < -0.39 is 17.9 Å². The second-order valence-electron chi connectivity index (χ2n) is 2.29. The molecule has 0 aromatic rings. The average molecular weight is 234 g/mol. The van der Waals surface area contributed by atoms with Crippen LogP contribution in [0.25, 0.3) is 0 Å². The van der Waals surface area contributed by atoms with Gasteiger partial charge < -0.3 is 9.84 Å². The number of ether oxygens (including phenoxy) is 1. The molecule has 88 valence electrons. The predicted molar refractivity (Wildman–Crippen MR) is 59.1 cm³/mol. The number of hydrogen-bond acceptors (Lipinski definition) is 4. The molecule has 0 saturated carbocycles. The minimum atomic E-state index is -1.07. The van der Waals surface area contributed by atoms with E-state index in [0.29, 0.717) is 0 Å². The van der Waals surface area contributed by atoms with Crippen LogP contribution < -0.4 is 0 Å². The summed E-state index contributed by atoms with van der Waals surface area (Å²) >= 11 is 0. The van der Waals surface area contributed by atoms with Crippen LogP contribution in [0.5, 0.6) is 0 Å². The highest BCUT2D eigenvalue weighted by Gasteiger charge is 2.06. The van der Waals surface area contributed by atoms with Gasteiger partial charge in [-0.25, -0.2) is 4.79 Å². The van der Waals surface area contributed by atoms with Gasteiger partial charge in [0.15, 0.2) is 0 Å². The van der Waals surface area contributed by atoms with Gasteiger partial charge in [0.2, 0.25) is 0 Å². The van der Waals surface area contributed by atoms with Gasteiger partial charge in [-0.2, -0.15) is 0 Å². The van der Waals surface area contributed by atoms with Crippen LogP contribution >= 0.6 is 0 Å². The molecule has 0 rings (SSSR count). The first-order valence-electron chi connectivity index (χ1n) is 4.24. The molecule has 0 amide bonds. The maximum Gasteiger partial charge on any atom is 0.381 e. The molecule has 0 bridgehead atoms. The van der Waals surface area contributed by atoms with E-state index in [9.17, 15) is 14.4 Å². The molecule has 0 aromatic carbocycles. The lowest BCUT2D eigenvalue weighted by atomic mass is 10.4. The molecule has 0 fully saturated rings. The molecule has 17 heavy (non-hydrogen) atoms. The summed E-state index contributed by atoms with van der Waals surface area (Å²) in [5, 5.41) is 7.74. The maximum absolute atomic E-state index is 10.5. The molecule has 0 heterocycles. The Morgan fingerprint density at radius 2 is 1.53 bits per heavy atom. The highest BCUT2D eigenvalue weighted by atomic mass is 16.6. The van der Waals surface area contributed by atoms with Crippen molar-refractivity contribution in [2.75, 3.05) is 0 Å². The molecule has 1 N–H and O–H groups in total. The van der Waals surface area contributed by atoms with Crippen LogP contribution in [0.1, 0.15) is 19.8 Å². The van der Waals surface area contributed by atoms with Crippen molar-refractivity contribution in [2.24, 2.45) is 0 Å².